The molecular formula is C36H50N2O11. The van der Waals surface area contributed by atoms with Crippen LogP contribution in [-0.4, -0.2) is 93.0 Å². The highest BCUT2D eigenvalue weighted by atomic mass is 16.7. The molecule has 4 heterocycles. The Morgan fingerprint density at radius 3 is 2.53 bits per heavy atom. The van der Waals surface area contributed by atoms with E-state index in [0.29, 0.717) is 24.5 Å². The van der Waals surface area contributed by atoms with Crippen molar-refractivity contribution < 1.29 is 53.0 Å². The van der Waals surface area contributed by atoms with Crippen molar-refractivity contribution in [2.75, 3.05) is 13.2 Å². The van der Waals surface area contributed by atoms with E-state index in [1.54, 1.807) is 42.2 Å². The van der Waals surface area contributed by atoms with E-state index in [0.717, 1.165) is 6.42 Å². The van der Waals surface area contributed by atoms with Crippen LogP contribution in [0.25, 0.3) is 6.08 Å². The lowest BCUT2D eigenvalue weighted by atomic mass is 9.63. The van der Waals surface area contributed by atoms with E-state index in [9.17, 15) is 24.6 Å². The van der Waals surface area contributed by atoms with Crippen LogP contribution in [0.5, 0.6) is 0 Å². The minimum absolute atomic E-state index is 0.0176. The number of aromatic nitrogens is 2. The Hall–Kier alpha value is -3.36. The molecule has 1 aliphatic carbocycles. The van der Waals surface area contributed by atoms with Gasteiger partial charge in [-0.3, -0.25) is 9.59 Å². The fourth-order valence-electron chi connectivity index (χ4n) is 7.76. The second-order valence-electron chi connectivity index (χ2n) is 14.4. The lowest BCUT2D eigenvalue weighted by Gasteiger charge is -2.44. The molecule has 5 rings (SSSR count). The Labute approximate surface area is 287 Å². The molecular weight excluding hydrogens is 636 g/mol. The fraction of sp³-hybridized carbons (Fsp3) is 0.667. The molecule has 0 unspecified atom stereocenters. The molecule has 270 valence electrons. The summed E-state index contributed by atoms with van der Waals surface area (Å²) in [5.74, 6) is -3.60. The predicted octanol–water partition coefficient (Wildman–Crippen LogP) is 3.24. The van der Waals surface area contributed by atoms with Gasteiger partial charge in [0.25, 0.3) is 0 Å². The van der Waals surface area contributed by atoms with Gasteiger partial charge in [-0.2, -0.15) is 0 Å². The van der Waals surface area contributed by atoms with Gasteiger partial charge in [-0.1, -0.05) is 25.5 Å². The second kappa shape index (κ2) is 14.9. The van der Waals surface area contributed by atoms with Gasteiger partial charge in [0.05, 0.1) is 25.2 Å². The van der Waals surface area contributed by atoms with Gasteiger partial charge in [0.1, 0.15) is 17.8 Å². The minimum atomic E-state index is -1.81. The van der Waals surface area contributed by atoms with Crippen LogP contribution in [0.3, 0.4) is 0 Å². The molecule has 11 atom stereocenters. The zero-order valence-corrected chi connectivity index (χ0v) is 29.3. The van der Waals surface area contributed by atoms with E-state index in [2.05, 4.69) is 31.8 Å². The number of imidazole rings is 1. The number of hydrogen-bond acceptors (Lipinski definition) is 12. The van der Waals surface area contributed by atoms with E-state index in [-0.39, 0.29) is 31.0 Å². The Morgan fingerprint density at radius 1 is 1.14 bits per heavy atom. The topological polar surface area (TPSA) is 165 Å². The van der Waals surface area contributed by atoms with Crippen LogP contribution in [0.15, 0.2) is 42.4 Å². The molecule has 0 saturated carbocycles. The number of rotatable bonds is 9. The third kappa shape index (κ3) is 8.34. The molecule has 4 aliphatic rings. The maximum absolute atomic E-state index is 13.2. The monoisotopic (exact) mass is 686 g/mol. The highest BCUT2D eigenvalue weighted by Crippen LogP contribution is 2.51. The van der Waals surface area contributed by atoms with E-state index in [1.807, 2.05) is 7.05 Å². The number of hydrogen-bond donors (Lipinski definition) is 2. The maximum atomic E-state index is 13.2. The second-order valence-corrected chi connectivity index (χ2v) is 14.4. The fourth-order valence-corrected chi connectivity index (χ4v) is 7.76. The summed E-state index contributed by atoms with van der Waals surface area (Å²) in [7, 11) is 1.84. The van der Waals surface area contributed by atoms with Crippen LogP contribution in [0.1, 0.15) is 66.5 Å². The molecule has 0 spiro atoms. The van der Waals surface area contributed by atoms with E-state index in [1.165, 1.54) is 25.5 Å². The van der Waals surface area contributed by atoms with Gasteiger partial charge in [-0.05, 0) is 75.0 Å². The minimum Gasteiger partial charge on any atom is -0.457 e. The summed E-state index contributed by atoms with van der Waals surface area (Å²) in [6, 6.07) is 0. The van der Waals surface area contributed by atoms with Gasteiger partial charge in [-0.25, -0.2) is 9.78 Å². The summed E-state index contributed by atoms with van der Waals surface area (Å²) in [5, 5.41) is 23.2. The summed E-state index contributed by atoms with van der Waals surface area (Å²) in [5.41, 5.74) is 0.637. The third-order valence-electron chi connectivity index (χ3n) is 10.4. The van der Waals surface area contributed by atoms with Crippen LogP contribution in [0.4, 0.5) is 0 Å². The lowest BCUT2D eigenvalue weighted by Crippen LogP contribution is -2.57. The van der Waals surface area contributed by atoms with Crippen LogP contribution in [0.2, 0.25) is 0 Å². The van der Waals surface area contributed by atoms with Crippen molar-refractivity contribution in [3.05, 3.63) is 48.1 Å². The number of carbonyl (C=O) groups is 3. The third-order valence-corrected chi connectivity index (χ3v) is 10.4. The summed E-state index contributed by atoms with van der Waals surface area (Å²) in [6.07, 6.45) is 8.15. The summed E-state index contributed by atoms with van der Waals surface area (Å²) < 4.78 is 37.0. The maximum Gasteiger partial charge on any atom is 0.331 e. The van der Waals surface area contributed by atoms with Gasteiger partial charge in [0, 0.05) is 39.1 Å². The average Bonchev–Trinajstić information content (AvgIpc) is 3.60. The van der Waals surface area contributed by atoms with E-state index in [4.69, 9.17) is 28.4 Å². The molecule has 3 aliphatic heterocycles. The van der Waals surface area contributed by atoms with Crippen LogP contribution >= 0.6 is 0 Å². The number of fused-ring (bicyclic) bond motifs is 3. The Morgan fingerprint density at radius 2 is 1.88 bits per heavy atom. The molecule has 2 fully saturated rings. The van der Waals surface area contributed by atoms with Gasteiger partial charge in [0.2, 0.25) is 0 Å². The van der Waals surface area contributed by atoms with Crippen molar-refractivity contribution in [2.24, 2.45) is 36.6 Å². The smallest absolute Gasteiger partial charge is 0.331 e. The molecule has 1 aromatic heterocycles. The number of carbonyl (C=O) groups excluding carboxylic acids is 3. The number of ether oxygens (including phenoxy) is 6. The number of esters is 3. The standard InChI is InChI=1S/C36H50N2O11/c1-20(2)26-10-8-21(3)27-15-30(48-31(41)11-9-25-16-38(7)19-37-25)35(6)12-13-36(43,49-35)24(14-28(26)27)17-44-34-33(47-23(5)40)32(42)29(18-45-34)46-22(4)39/h8-9,11-13,16,19-20,24,26-30,32-34,42-43H,10,14-15,17-18H2,1-7H3/b11-9+/t24-,26-,27-,28-,29+,30-,32+,33+,34-,35-,36+/m1/s1. The Balaban J connectivity index is 1.42. The zero-order chi connectivity index (χ0) is 35.7. The number of nitrogens with zero attached hydrogens (tertiary/aromatic N) is 2. The normalized spacial score (nSPS) is 37.5. The van der Waals surface area contributed by atoms with Crippen molar-refractivity contribution in [1.82, 2.24) is 9.55 Å². The van der Waals surface area contributed by atoms with Crippen LogP contribution < -0.4 is 0 Å². The van der Waals surface area contributed by atoms with Gasteiger partial charge < -0.3 is 43.2 Å². The molecule has 0 amide bonds. The van der Waals surface area contributed by atoms with Gasteiger partial charge in [0.15, 0.2) is 24.3 Å². The molecule has 0 radical (unpaired) electrons. The molecule has 2 saturated heterocycles. The first kappa shape index (κ1) is 36.9. The van der Waals surface area contributed by atoms with Gasteiger partial charge >= 0.3 is 17.9 Å². The van der Waals surface area contributed by atoms with Gasteiger partial charge in [-0.15, -0.1) is 0 Å². The first-order chi connectivity index (χ1) is 23.1. The zero-order valence-electron chi connectivity index (χ0n) is 29.3. The lowest BCUT2D eigenvalue weighted by molar-refractivity contribution is -0.297. The average molecular weight is 687 g/mol. The highest BCUT2D eigenvalue weighted by molar-refractivity contribution is 5.86. The summed E-state index contributed by atoms with van der Waals surface area (Å²) in [6.45, 7) is 10.4. The van der Waals surface area contributed by atoms with E-state index >= 15 is 0 Å². The number of aliphatic hydroxyl groups is 2. The van der Waals surface area contributed by atoms with Crippen molar-refractivity contribution in [1.29, 1.82) is 0 Å². The van der Waals surface area contributed by atoms with Crippen LogP contribution in [-0.2, 0) is 49.9 Å². The molecule has 49 heavy (non-hydrogen) atoms. The van der Waals surface area contributed by atoms with Crippen LogP contribution in [0, 0.1) is 29.6 Å². The van der Waals surface area contributed by atoms with Crippen molar-refractivity contribution in [3.63, 3.8) is 0 Å². The van der Waals surface area contributed by atoms with Crippen molar-refractivity contribution in [2.45, 2.75) is 103 Å². The molecule has 0 aromatic carbocycles. The molecule has 13 heteroatoms. The van der Waals surface area contributed by atoms with Crippen molar-refractivity contribution in [3.8, 4) is 0 Å². The molecule has 13 nitrogen and oxygen atoms in total. The highest BCUT2D eigenvalue weighted by Gasteiger charge is 2.55. The molecule has 2 bridgehead atoms. The summed E-state index contributed by atoms with van der Waals surface area (Å²) >= 11 is 0. The Kier molecular flexibility index (Phi) is 11.2. The SMILES string of the molecule is CC(=O)O[C@@H]1[C@H](OC[C@H]2C[C@H]3[C@H](C[C@@H](OC(=O)/C=C/c4cn(C)cn4)[C@@]4(C)C=C[C@]2(O)O4)C(C)=CC[C@@H]3C(C)C)OC[C@H](OC(C)=O)[C@@H]1O. The predicted molar refractivity (Wildman–Crippen MR) is 175 cm³/mol. The Bertz CT molecular complexity index is 1470. The first-order valence-electron chi connectivity index (χ1n) is 17.0. The van der Waals surface area contributed by atoms with E-state index < -0.39 is 65.9 Å². The first-order valence-corrected chi connectivity index (χ1v) is 17.0. The van der Waals surface area contributed by atoms with Crippen molar-refractivity contribution >= 4 is 24.0 Å². The molecule has 1 aromatic rings. The number of allylic oxidation sites excluding steroid dienone is 2. The quantitative estimate of drug-likeness (QED) is 0.169. The number of aliphatic hydroxyl groups excluding tert-OH is 1. The number of aryl methyl sites for hydroxylation is 1. The summed E-state index contributed by atoms with van der Waals surface area (Å²) in [4.78, 5) is 41.0. The molecule has 2 N–H and O–H groups in total. The largest absolute Gasteiger partial charge is 0.457 e.